The summed E-state index contributed by atoms with van der Waals surface area (Å²) in [4.78, 5) is 12.8. The second-order valence-electron chi connectivity index (χ2n) is 8.08. The summed E-state index contributed by atoms with van der Waals surface area (Å²) in [6.45, 7) is 9.61. The number of sulfonamides is 1. The van der Waals surface area contributed by atoms with E-state index in [0.717, 1.165) is 11.3 Å². The number of rotatable bonds is 6. The van der Waals surface area contributed by atoms with E-state index in [1.165, 1.54) is 15.6 Å². The van der Waals surface area contributed by atoms with Crippen LogP contribution in [-0.4, -0.2) is 44.8 Å². The fourth-order valence-corrected chi connectivity index (χ4v) is 5.77. The fraction of sp³-hybridized carbons (Fsp3) is 0.706. The molecule has 1 aliphatic rings. The maximum Gasteiger partial charge on any atom is 0.252 e. The molecular weight excluding hydrogens is 394 g/mol. The molecule has 0 radical (unpaired) electrons. The van der Waals surface area contributed by atoms with Crippen molar-refractivity contribution in [1.82, 2.24) is 9.62 Å². The maximum absolute atomic E-state index is 12.8. The summed E-state index contributed by atoms with van der Waals surface area (Å²) in [5, 5.41) is 2.89. The highest BCUT2D eigenvalue weighted by Gasteiger charge is 2.39. The molecule has 2 rings (SSSR count). The normalized spacial score (nSPS) is 21.4. The van der Waals surface area contributed by atoms with Crippen LogP contribution in [0.2, 0.25) is 0 Å². The van der Waals surface area contributed by atoms with Gasteiger partial charge in [-0.15, -0.1) is 23.7 Å². The second-order valence-corrected chi connectivity index (χ2v) is 11.4. The molecule has 1 aliphatic heterocycles. The average Bonchev–Trinajstić information content (AvgIpc) is 3.14. The van der Waals surface area contributed by atoms with Crippen LogP contribution < -0.4 is 11.1 Å². The molecule has 0 aromatic carbocycles. The van der Waals surface area contributed by atoms with Gasteiger partial charge in [-0.2, -0.15) is 4.31 Å². The summed E-state index contributed by atoms with van der Waals surface area (Å²) >= 11 is 1.28. The third-order valence-corrected chi connectivity index (χ3v) is 8.04. The molecule has 0 aliphatic carbocycles. The first-order valence-corrected chi connectivity index (χ1v) is 10.8. The molecule has 0 bridgehead atoms. The van der Waals surface area contributed by atoms with Gasteiger partial charge in [0.1, 0.15) is 4.21 Å². The Kier molecular flexibility index (Phi) is 7.69. The van der Waals surface area contributed by atoms with Crippen molar-refractivity contribution in [3.05, 3.63) is 17.0 Å². The molecule has 9 heteroatoms. The number of nitrogens with two attached hydrogens (primary N) is 1. The van der Waals surface area contributed by atoms with E-state index < -0.39 is 15.4 Å². The minimum atomic E-state index is -3.45. The van der Waals surface area contributed by atoms with Gasteiger partial charge in [0.25, 0.3) is 10.0 Å². The van der Waals surface area contributed by atoms with Gasteiger partial charge in [0.2, 0.25) is 5.91 Å². The van der Waals surface area contributed by atoms with Crippen molar-refractivity contribution in [3.63, 3.8) is 0 Å². The number of thiophene rings is 1. The molecule has 0 saturated carbocycles. The average molecular weight is 424 g/mol. The Morgan fingerprint density at radius 1 is 1.38 bits per heavy atom. The van der Waals surface area contributed by atoms with Crippen molar-refractivity contribution >= 4 is 39.7 Å². The van der Waals surface area contributed by atoms with Gasteiger partial charge >= 0.3 is 0 Å². The van der Waals surface area contributed by atoms with Crippen molar-refractivity contribution in [3.8, 4) is 0 Å². The standard InChI is InChI=1S/C17H29N3O3S2.ClH/c1-16(2,3)15(21)19-9-7-13-5-6-14(24-13)25(22,23)20-10-8-17(4,11-18)12-20;/h5-6H,7-12,18H2,1-4H3,(H,19,21);1H. The summed E-state index contributed by atoms with van der Waals surface area (Å²) in [5.41, 5.74) is 5.22. The Bertz CT molecular complexity index is 728. The molecule has 1 atom stereocenters. The molecule has 26 heavy (non-hydrogen) atoms. The van der Waals surface area contributed by atoms with Crippen molar-refractivity contribution in [2.24, 2.45) is 16.6 Å². The van der Waals surface area contributed by atoms with E-state index in [1.54, 1.807) is 6.07 Å². The van der Waals surface area contributed by atoms with E-state index in [9.17, 15) is 13.2 Å². The molecule has 2 heterocycles. The fourth-order valence-electron chi connectivity index (χ4n) is 2.67. The first-order chi connectivity index (χ1) is 11.5. The lowest BCUT2D eigenvalue weighted by Gasteiger charge is -2.21. The Balaban J connectivity index is 0.00000338. The van der Waals surface area contributed by atoms with E-state index in [1.807, 2.05) is 33.8 Å². The minimum Gasteiger partial charge on any atom is -0.355 e. The van der Waals surface area contributed by atoms with Gasteiger partial charge in [-0.05, 0) is 36.9 Å². The Labute approximate surface area is 167 Å². The lowest BCUT2D eigenvalue weighted by molar-refractivity contribution is -0.128. The van der Waals surface area contributed by atoms with Gasteiger partial charge < -0.3 is 11.1 Å². The number of carbonyl (C=O) groups excluding carboxylic acids is 1. The van der Waals surface area contributed by atoms with Gasteiger partial charge in [0, 0.05) is 29.9 Å². The summed E-state index contributed by atoms with van der Waals surface area (Å²) in [7, 11) is -3.45. The Morgan fingerprint density at radius 2 is 2.04 bits per heavy atom. The van der Waals surface area contributed by atoms with Crippen LogP contribution in [0.1, 0.15) is 39.0 Å². The molecule has 1 aromatic heterocycles. The zero-order valence-electron chi connectivity index (χ0n) is 15.9. The van der Waals surface area contributed by atoms with Crippen LogP contribution in [0.25, 0.3) is 0 Å². The largest absolute Gasteiger partial charge is 0.355 e. The smallest absolute Gasteiger partial charge is 0.252 e. The molecule has 1 aromatic rings. The molecule has 0 spiro atoms. The Hall–Kier alpha value is -0.670. The van der Waals surface area contributed by atoms with Crippen LogP contribution in [0.3, 0.4) is 0 Å². The molecule has 1 unspecified atom stereocenters. The highest BCUT2D eigenvalue weighted by Crippen LogP contribution is 2.34. The van der Waals surface area contributed by atoms with Crippen molar-refractivity contribution in [2.45, 2.75) is 44.7 Å². The molecule has 6 nitrogen and oxygen atoms in total. The predicted molar refractivity (Wildman–Crippen MR) is 108 cm³/mol. The Morgan fingerprint density at radius 3 is 2.58 bits per heavy atom. The van der Waals surface area contributed by atoms with E-state index in [2.05, 4.69) is 5.32 Å². The molecule has 3 N–H and O–H groups in total. The van der Waals surface area contributed by atoms with E-state index in [4.69, 9.17) is 5.73 Å². The van der Waals surface area contributed by atoms with E-state index in [0.29, 0.717) is 36.8 Å². The zero-order chi connectivity index (χ0) is 18.9. The molecule has 1 fully saturated rings. The number of carbonyl (C=O) groups is 1. The number of hydrogen-bond donors (Lipinski definition) is 2. The van der Waals surface area contributed by atoms with Crippen molar-refractivity contribution in [2.75, 3.05) is 26.2 Å². The number of halogens is 1. The lowest BCUT2D eigenvalue weighted by Crippen LogP contribution is -2.35. The third-order valence-electron chi connectivity index (χ3n) is 4.58. The van der Waals surface area contributed by atoms with Gasteiger partial charge in [-0.3, -0.25) is 4.79 Å². The van der Waals surface area contributed by atoms with Crippen LogP contribution in [0.15, 0.2) is 16.3 Å². The topological polar surface area (TPSA) is 92.5 Å². The summed E-state index contributed by atoms with van der Waals surface area (Å²) < 4.78 is 27.5. The predicted octanol–water partition coefficient (Wildman–Crippen LogP) is 2.23. The maximum atomic E-state index is 12.8. The second kappa shape index (κ2) is 8.56. The van der Waals surface area contributed by atoms with E-state index >= 15 is 0 Å². The zero-order valence-corrected chi connectivity index (χ0v) is 18.3. The first kappa shape index (κ1) is 23.4. The summed E-state index contributed by atoms with van der Waals surface area (Å²) in [6.07, 6.45) is 1.42. The first-order valence-electron chi connectivity index (χ1n) is 8.55. The van der Waals surface area contributed by atoms with Gasteiger partial charge in [-0.1, -0.05) is 27.7 Å². The van der Waals surface area contributed by atoms with Gasteiger partial charge in [0.05, 0.1) is 0 Å². The number of hydrogen-bond acceptors (Lipinski definition) is 5. The van der Waals surface area contributed by atoms with Gasteiger partial charge in [-0.25, -0.2) is 8.42 Å². The molecule has 150 valence electrons. The highest BCUT2D eigenvalue weighted by atomic mass is 35.5. The summed E-state index contributed by atoms with van der Waals surface area (Å²) in [5.74, 6) is -0.00459. The lowest BCUT2D eigenvalue weighted by atomic mass is 9.90. The summed E-state index contributed by atoms with van der Waals surface area (Å²) in [6, 6.07) is 3.50. The van der Waals surface area contributed by atoms with Crippen LogP contribution in [0.4, 0.5) is 0 Å². The number of nitrogens with zero attached hydrogens (tertiary/aromatic N) is 1. The molecule has 1 amide bonds. The van der Waals surface area contributed by atoms with Gasteiger partial charge in [0.15, 0.2) is 0 Å². The van der Waals surface area contributed by atoms with Crippen LogP contribution in [0.5, 0.6) is 0 Å². The third kappa shape index (κ3) is 5.42. The quantitative estimate of drug-likeness (QED) is 0.733. The molecular formula is C17H30ClN3O3S2. The minimum absolute atomic E-state index is 0. The number of nitrogens with one attached hydrogen (secondary N) is 1. The number of amides is 1. The monoisotopic (exact) mass is 423 g/mol. The van der Waals surface area contributed by atoms with Crippen LogP contribution in [-0.2, 0) is 21.2 Å². The van der Waals surface area contributed by atoms with Crippen LogP contribution in [0, 0.1) is 10.8 Å². The van der Waals surface area contributed by atoms with Crippen molar-refractivity contribution < 1.29 is 13.2 Å². The van der Waals surface area contributed by atoms with E-state index in [-0.39, 0.29) is 23.7 Å². The highest BCUT2D eigenvalue weighted by molar-refractivity contribution is 7.91. The SMILES string of the molecule is CC1(CN)CCN(S(=O)(=O)c2ccc(CCNC(=O)C(C)(C)C)s2)C1.Cl. The van der Waals surface area contributed by atoms with Crippen LogP contribution >= 0.6 is 23.7 Å². The molecule has 1 saturated heterocycles. The van der Waals surface area contributed by atoms with Crippen molar-refractivity contribution in [1.29, 1.82) is 0 Å².